The van der Waals surface area contributed by atoms with Crippen LogP contribution < -0.4 is 0 Å². The zero-order valence-electron chi connectivity index (χ0n) is 4.83. The molecular formula is C7H8Sb+3. The SMILES string of the molecule is Cc1ccccc1.[Sb+3]. The van der Waals surface area contributed by atoms with Crippen LogP contribution in [0.15, 0.2) is 30.3 Å². The fourth-order valence-corrected chi connectivity index (χ4v) is 0.534. The zero-order chi connectivity index (χ0) is 5.11. The van der Waals surface area contributed by atoms with Crippen LogP contribution in [-0.2, 0) is 0 Å². The van der Waals surface area contributed by atoms with E-state index in [9.17, 15) is 0 Å². The summed E-state index contributed by atoms with van der Waals surface area (Å²) in [5.74, 6) is 0. The van der Waals surface area contributed by atoms with E-state index in [0.717, 1.165) is 0 Å². The third-order valence-corrected chi connectivity index (χ3v) is 0.940. The van der Waals surface area contributed by atoms with E-state index in [4.69, 9.17) is 0 Å². The molecule has 1 aromatic rings. The molecule has 1 rings (SSSR count). The van der Waals surface area contributed by atoms with Crippen molar-refractivity contribution < 1.29 is 0 Å². The standard InChI is InChI=1S/C7H8.Sb/c1-7-5-3-2-4-6-7;/h2-6H,1H3;/q;+3. The Bertz CT molecular complexity index is 134. The van der Waals surface area contributed by atoms with Crippen molar-refractivity contribution in [1.29, 1.82) is 0 Å². The maximum absolute atomic E-state index is 2.08. The van der Waals surface area contributed by atoms with Gasteiger partial charge in [-0.25, -0.2) is 0 Å². The summed E-state index contributed by atoms with van der Waals surface area (Å²) in [5, 5.41) is 0. The molecule has 0 N–H and O–H groups in total. The van der Waals surface area contributed by atoms with E-state index in [0.29, 0.717) is 0 Å². The van der Waals surface area contributed by atoms with Crippen molar-refractivity contribution in [2.75, 3.05) is 0 Å². The van der Waals surface area contributed by atoms with Crippen molar-refractivity contribution in [3.05, 3.63) is 35.9 Å². The van der Waals surface area contributed by atoms with Gasteiger partial charge < -0.3 is 0 Å². The molecule has 0 fully saturated rings. The Morgan fingerprint density at radius 1 is 1.00 bits per heavy atom. The van der Waals surface area contributed by atoms with Gasteiger partial charge in [-0.2, -0.15) is 0 Å². The van der Waals surface area contributed by atoms with Gasteiger partial charge in [0.05, 0.1) is 0 Å². The van der Waals surface area contributed by atoms with Gasteiger partial charge in [-0.15, -0.1) is 0 Å². The second kappa shape index (κ2) is 3.97. The third-order valence-electron chi connectivity index (χ3n) is 0.940. The summed E-state index contributed by atoms with van der Waals surface area (Å²) < 4.78 is 0. The molecule has 0 saturated carbocycles. The van der Waals surface area contributed by atoms with Crippen LogP contribution >= 0.6 is 0 Å². The van der Waals surface area contributed by atoms with Crippen molar-refractivity contribution in [1.82, 2.24) is 0 Å². The summed E-state index contributed by atoms with van der Waals surface area (Å²) in [6, 6.07) is 10.3. The van der Waals surface area contributed by atoms with Crippen molar-refractivity contribution in [2.45, 2.75) is 6.92 Å². The molecule has 0 spiro atoms. The van der Waals surface area contributed by atoms with Crippen LogP contribution in [0.1, 0.15) is 5.56 Å². The molecule has 38 valence electrons. The Morgan fingerprint density at radius 2 is 1.50 bits per heavy atom. The van der Waals surface area contributed by atoms with E-state index < -0.39 is 0 Å². The summed E-state index contributed by atoms with van der Waals surface area (Å²) in [5.41, 5.74) is 1.32. The number of benzene rings is 1. The smallest absolute Gasteiger partial charge is 0.0622 e. The minimum atomic E-state index is 0. The zero-order valence-corrected chi connectivity index (χ0v) is 7.39. The largest absolute Gasteiger partial charge is 3.00 e. The normalized spacial score (nSPS) is 7.62. The Kier molecular flexibility index (Phi) is 3.99. The van der Waals surface area contributed by atoms with Gasteiger partial charge in [-0.3, -0.25) is 0 Å². The first-order valence-corrected chi connectivity index (χ1v) is 2.41. The number of rotatable bonds is 0. The first-order chi connectivity index (χ1) is 3.39. The molecule has 0 atom stereocenters. The predicted octanol–water partition coefficient (Wildman–Crippen LogP) is 1.61. The monoisotopic (exact) mass is 213 g/mol. The number of hydrogen-bond donors (Lipinski definition) is 0. The molecule has 0 amide bonds. The van der Waals surface area contributed by atoms with Crippen LogP contribution in [-0.4, -0.2) is 24.4 Å². The molecule has 1 heteroatoms. The van der Waals surface area contributed by atoms with Crippen LogP contribution in [0, 0.1) is 6.92 Å². The predicted molar refractivity (Wildman–Crippen MR) is 36.9 cm³/mol. The minimum absolute atomic E-state index is 0. The summed E-state index contributed by atoms with van der Waals surface area (Å²) >= 11 is 0. The number of aryl methyl sites for hydroxylation is 1. The Morgan fingerprint density at radius 3 is 1.75 bits per heavy atom. The van der Waals surface area contributed by atoms with E-state index in [1.165, 1.54) is 5.56 Å². The van der Waals surface area contributed by atoms with E-state index in [1.807, 2.05) is 18.2 Å². The summed E-state index contributed by atoms with van der Waals surface area (Å²) in [4.78, 5) is 0. The van der Waals surface area contributed by atoms with Gasteiger partial charge in [0.1, 0.15) is 0 Å². The average molecular weight is 214 g/mol. The summed E-state index contributed by atoms with van der Waals surface area (Å²) in [6.45, 7) is 2.08. The second-order valence-corrected chi connectivity index (χ2v) is 1.65. The van der Waals surface area contributed by atoms with Gasteiger partial charge in [0.2, 0.25) is 0 Å². The molecule has 1 aromatic carbocycles. The fraction of sp³-hybridized carbons (Fsp3) is 0.143. The number of hydrogen-bond acceptors (Lipinski definition) is 0. The van der Waals surface area contributed by atoms with E-state index in [-0.39, 0.29) is 24.4 Å². The molecule has 0 nitrogen and oxygen atoms in total. The van der Waals surface area contributed by atoms with Gasteiger partial charge in [0.15, 0.2) is 0 Å². The quantitative estimate of drug-likeness (QED) is 0.575. The van der Waals surface area contributed by atoms with Gasteiger partial charge in [-0.1, -0.05) is 35.9 Å². The van der Waals surface area contributed by atoms with Crippen LogP contribution in [0.2, 0.25) is 0 Å². The topological polar surface area (TPSA) is 0 Å². The van der Waals surface area contributed by atoms with Crippen LogP contribution in [0.25, 0.3) is 0 Å². The van der Waals surface area contributed by atoms with Gasteiger partial charge in [0, 0.05) is 0 Å². The van der Waals surface area contributed by atoms with E-state index in [1.54, 1.807) is 0 Å². The second-order valence-electron chi connectivity index (χ2n) is 1.65. The molecule has 8 heavy (non-hydrogen) atoms. The first kappa shape index (κ1) is 8.04. The molecule has 0 aliphatic carbocycles. The van der Waals surface area contributed by atoms with Crippen LogP contribution in [0.3, 0.4) is 0 Å². The first-order valence-electron chi connectivity index (χ1n) is 2.41. The van der Waals surface area contributed by atoms with E-state index >= 15 is 0 Å². The van der Waals surface area contributed by atoms with Crippen molar-refractivity contribution in [3.8, 4) is 0 Å². The summed E-state index contributed by atoms with van der Waals surface area (Å²) in [6.07, 6.45) is 0. The Balaban J connectivity index is 0.000000490. The fourth-order valence-electron chi connectivity index (χ4n) is 0.534. The summed E-state index contributed by atoms with van der Waals surface area (Å²) in [7, 11) is 0. The molecule has 0 bridgehead atoms. The maximum atomic E-state index is 2.08. The van der Waals surface area contributed by atoms with E-state index in [2.05, 4.69) is 19.1 Å². The molecule has 0 aromatic heterocycles. The van der Waals surface area contributed by atoms with Crippen LogP contribution in [0.5, 0.6) is 0 Å². The molecular weight excluding hydrogens is 206 g/mol. The molecule has 0 saturated heterocycles. The van der Waals surface area contributed by atoms with Gasteiger partial charge in [0.25, 0.3) is 0 Å². The molecule has 0 unspecified atom stereocenters. The van der Waals surface area contributed by atoms with Crippen LogP contribution in [0.4, 0.5) is 0 Å². The molecule has 0 aliphatic rings. The molecule has 0 heterocycles. The maximum Gasteiger partial charge on any atom is 3.00 e. The van der Waals surface area contributed by atoms with Crippen molar-refractivity contribution in [2.24, 2.45) is 0 Å². The Labute approximate surface area is 67.4 Å². The third kappa shape index (κ3) is 2.37. The minimum Gasteiger partial charge on any atom is -0.0622 e. The molecule has 0 aliphatic heterocycles. The van der Waals surface area contributed by atoms with Crippen molar-refractivity contribution >= 4 is 24.4 Å². The average Bonchev–Trinajstić information content (AvgIpc) is 1.69. The van der Waals surface area contributed by atoms with Crippen molar-refractivity contribution in [3.63, 3.8) is 0 Å². The van der Waals surface area contributed by atoms with Gasteiger partial charge in [-0.05, 0) is 6.92 Å². The Hall–Kier alpha value is 0.0382. The molecule has 2 radical (unpaired) electrons. The van der Waals surface area contributed by atoms with Gasteiger partial charge >= 0.3 is 24.4 Å².